The van der Waals surface area contributed by atoms with E-state index in [2.05, 4.69) is 0 Å². The Bertz CT molecular complexity index is 812. The van der Waals surface area contributed by atoms with E-state index in [1.807, 2.05) is 51.1 Å². The first kappa shape index (κ1) is 16.1. The second-order valence-electron chi connectivity index (χ2n) is 6.01. The predicted octanol–water partition coefficient (Wildman–Crippen LogP) is 4.45. The van der Waals surface area contributed by atoms with Gasteiger partial charge in [0.05, 0.1) is 12.7 Å². The zero-order valence-corrected chi connectivity index (χ0v) is 14.3. The van der Waals surface area contributed by atoms with Crippen LogP contribution in [0.5, 0.6) is 17.2 Å². The lowest BCUT2D eigenvalue weighted by atomic mass is 10.0. The lowest BCUT2D eigenvalue weighted by Gasteiger charge is -2.09. The minimum Gasteiger partial charge on any atom is -0.497 e. The Morgan fingerprint density at radius 2 is 1.79 bits per heavy atom. The minimum absolute atomic E-state index is 0.0517. The molecule has 0 saturated carbocycles. The van der Waals surface area contributed by atoms with E-state index in [1.54, 1.807) is 13.2 Å². The van der Waals surface area contributed by atoms with Crippen molar-refractivity contribution >= 4 is 5.78 Å². The Hall–Kier alpha value is -2.75. The topological polar surface area (TPSA) is 44.8 Å². The molecule has 0 atom stereocenters. The lowest BCUT2D eigenvalue weighted by Crippen LogP contribution is -2.01. The smallest absolute Gasteiger partial charge is 0.232 e. The molecule has 0 unspecified atom stereocenters. The summed E-state index contributed by atoms with van der Waals surface area (Å²) in [7, 11) is 1.64. The largest absolute Gasteiger partial charge is 0.497 e. The first-order valence-corrected chi connectivity index (χ1v) is 7.80. The Labute approximate surface area is 141 Å². The number of carbonyl (C=O) groups excluding carboxylic acids is 1. The van der Waals surface area contributed by atoms with Gasteiger partial charge in [0, 0.05) is 6.07 Å². The lowest BCUT2D eigenvalue weighted by molar-refractivity contribution is 0.101. The van der Waals surface area contributed by atoms with Crippen molar-refractivity contribution in [2.45, 2.75) is 27.4 Å². The molecule has 0 N–H and O–H groups in total. The maximum atomic E-state index is 12.4. The van der Waals surface area contributed by atoms with E-state index in [1.165, 1.54) is 0 Å². The molecule has 0 spiro atoms. The number of benzene rings is 2. The van der Waals surface area contributed by atoms with Gasteiger partial charge < -0.3 is 14.2 Å². The standard InChI is InChI=1S/C20H20O4/c1-12(2)20-19(21)18-13(3)9-16(10-17(18)24-20)23-11-14-5-7-15(22-4)8-6-14/h5-10H,11H2,1-4H3. The average Bonchev–Trinajstić information content (AvgIpc) is 2.91. The van der Waals surface area contributed by atoms with Crippen LogP contribution in [0.15, 0.2) is 47.7 Å². The van der Waals surface area contributed by atoms with Gasteiger partial charge in [0.2, 0.25) is 5.78 Å². The molecule has 1 aliphatic rings. The number of carbonyl (C=O) groups is 1. The maximum Gasteiger partial charge on any atom is 0.232 e. The zero-order chi connectivity index (χ0) is 17.3. The second kappa shape index (κ2) is 6.40. The average molecular weight is 324 g/mol. The van der Waals surface area contributed by atoms with Crippen molar-refractivity contribution in [3.05, 3.63) is 64.4 Å². The zero-order valence-electron chi connectivity index (χ0n) is 14.3. The Morgan fingerprint density at radius 1 is 1.08 bits per heavy atom. The van der Waals surface area contributed by atoms with E-state index < -0.39 is 0 Å². The third kappa shape index (κ3) is 3.00. The second-order valence-corrected chi connectivity index (χ2v) is 6.01. The van der Waals surface area contributed by atoms with Gasteiger partial charge in [-0.2, -0.15) is 0 Å². The van der Waals surface area contributed by atoms with Crippen LogP contribution in [-0.4, -0.2) is 12.9 Å². The number of methoxy groups -OCH3 is 1. The molecule has 124 valence electrons. The van der Waals surface area contributed by atoms with Crippen molar-refractivity contribution in [3.8, 4) is 17.2 Å². The highest BCUT2D eigenvalue weighted by molar-refractivity contribution is 6.13. The van der Waals surface area contributed by atoms with Crippen molar-refractivity contribution < 1.29 is 19.0 Å². The molecular weight excluding hydrogens is 304 g/mol. The third-order valence-electron chi connectivity index (χ3n) is 3.94. The fraction of sp³-hybridized carbons (Fsp3) is 0.250. The monoisotopic (exact) mass is 324 g/mol. The number of fused-ring (bicyclic) bond motifs is 1. The van der Waals surface area contributed by atoms with Crippen LogP contribution in [0, 0.1) is 6.92 Å². The fourth-order valence-electron chi connectivity index (χ4n) is 2.67. The maximum absolute atomic E-state index is 12.4. The summed E-state index contributed by atoms with van der Waals surface area (Å²) in [6, 6.07) is 11.4. The summed E-state index contributed by atoms with van der Waals surface area (Å²) in [4.78, 5) is 12.4. The van der Waals surface area contributed by atoms with E-state index in [4.69, 9.17) is 14.2 Å². The summed E-state index contributed by atoms with van der Waals surface area (Å²) in [5.74, 6) is 2.43. The number of ether oxygens (including phenoxy) is 3. The molecule has 0 aromatic heterocycles. The van der Waals surface area contributed by atoms with E-state index in [0.29, 0.717) is 29.4 Å². The molecule has 4 heteroatoms. The van der Waals surface area contributed by atoms with Crippen LogP contribution < -0.4 is 14.2 Å². The SMILES string of the molecule is COc1ccc(COc2cc(C)c3c(c2)OC(=C(C)C)C3=O)cc1. The molecule has 0 amide bonds. The van der Waals surface area contributed by atoms with Crippen molar-refractivity contribution in [1.82, 2.24) is 0 Å². The molecule has 0 bridgehead atoms. The molecule has 0 saturated heterocycles. The Balaban J connectivity index is 1.79. The summed E-state index contributed by atoms with van der Waals surface area (Å²) >= 11 is 0. The van der Waals surface area contributed by atoms with Gasteiger partial charge in [-0.1, -0.05) is 12.1 Å². The molecule has 1 aliphatic heterocycles. The van der Waals surface area contributed by atoms with E-state index >= 15 is 0 Å². The number of hydrogen-bond acceptors (Lipinski definition) is 4. The van der Waals surface area contributed by atoms with Crippen LogP contribution in [0.2, 0.25) is 0 Å². The fourth-order valence-corrected chi connectivity index (χ4v) is 2.67. The Morgan fingerprint density at radius 3 is 2.42 bits per heavy atom. The normalized spacial score (nSPS) is 12.7. The van der Waals surface area contributed by atoms with Crippen molar-refractivity contribution in [1.29, 1.82) is 0 Å². The van der Waals surface area contributed by atoms with Crippen molar-refractivity contribution in [2.75, 3.05) is 7.11 Å². The van der Waals surface area contributed by atoms with E-state index in [0.717, 1.165) is 22.4 Å². The molecule has 24 heavy (non-hydrogen) atoms. The van der Waals surface area contributed by atoms with Crippen LogP contribution in [0.3, 0.4) is 0 Å². The van der Waals surface area contributed by atoms with Gasteiger partial charge in [-0.05, 0) is 55.7 Å². The molecule has 0 radical (unpaired) electrons. The van der Waals surface area contributed by atoms with E-state index in [9.17, 15) is 4.79 Å². The van der Waals surface area contributed by atoms with Gasteiger partial charge in [-0.15, -0.1) is 0 Å². The van der Waals surface area contributed by atoms with Crippen LogP contribution in [0.1, 0.15) is 35.3 Å². The number of Topliss-reactive ketones (excluding diaryl/α,β-unsaturated/α-hetero) is 1. The molecule has 4 nitrogen and oxygen atoms in total. The van der Waals surface area contributed by atoms with E-state index in [-0.39, 0.29) is 5.78 Å². The van der Waals surface area contributed by atoms with Crippen molar-refractivity contribution in [3.63, 3.8) is 0 Å². The van der Waals surface area contributed by atoms with Crippen molar-refractivity contribution in [2.24, 2.45) is 0 Å². The van der Waals surface area contributed by atoms with Crippen LogP contribution >= 0.6 is 0 Å². The molecule has 1 heterocycles. The summed E-state index contributed by atoms with van der Waals surface area (Å²) in [6.07, 6.45) is 0. The van der Waals surface area contributed by atoms with Crippen LogP contribution in [0.25, 0.3) is 0 Å². The first-order chi connectivity index (χ1) is 11.5. The summed E-state index contributed by atoms with van der Waals surface area (Å²) in [5.41, 5.74) is 3.40. The first-order valence-electron chi connectivity index (χ1n) is 7.80. The number of allylic oxidation sites excluding steroid dienone is 2. The molecule has 2 aromatic carbocycles. The third-order valence-corrected chi connectivity index (χ3v) is 3.94. The highest BCUT2D eigenvalue weighted by atomic mass is 16.5. The summed E-state index contributed by atoms with van der Waals surface area (Å²) < 4.78 is 16.7. The minimum atomic E-state index is -0.0517. The van der Waals surface area contributed by atoms with Gasteiger partial charge in [0.1, 0.15) is 23.9 Å². The van der Waals surface area contributed by atoms with Crippen LogP contribution in [-0.2, 0) is 6.61 Å². The Kier molecular flexibility index (Phi) is 4.30. The molecule has 2 aromatic rings. The van der Waals surface area contributed by atoms with Gasteiger partial charge in [-0.25, -0.2) is 0 Å². The molecule has 0 aliphatic carbocycles. The number of rotatable bonds is 4. The summed E-state index contributed by atoms with van der Waals surface area (Å²) in [6.45, 7) is 6.07. The van der Waals surface area contributed by atoms with Gasteiger partial charge in [0.25, 0.3) is 0 Å². The molecule has 3 rings (SSSR count). The molecular formula is C20H20O4. The van der Waals surface area contributed by atoms with Gasteiger partial charge in [-0.3, -0.25) is 4.79 Å². The quantitative estimate of drug-likeness (QED) is 0.779. The molecule has 0 fully saturated rings. The highest BCUT2D eigenvalue weighted by Gasteiger charge is 2.30. The van der Waals surface area contributed by atoms with Gasteiger partial charge >= 0.3 is 0 Å². The highest BCUT2D eigenvalue weighted by Crippen LogP contribution is 2.38. The number of ketones is 1. The number of hydrogen-bond donors (Lipinski definition) is 0. The van der Waals surface area contributed by atoms with Crippen LogP contribution in [0.4, 0.5) is 0 Å². The summed E-state index contributed by atoms with van der Waals surface area (Å²) in [5, 5.41) is 0. The predicted molar refractivity (Wildman–Crippen MR) is 91.8 cm³/mol. The van der Waals surface area contributed by atoms with Gasteiger partial charge in [0.15, 0.2) is 5.76 Å². The number of aryl methyl sites for hydroxylation is 1.